The van der Waals surface area contributed by atoms with Gasteiger partial charge < -0.3 is 9.47 Å². The molecule has 1 heterocycles. The lowest BCUT2D eigenvalue weighted by Gasteiger charge is -2.07. The highest BCUT2D eigenvalue weighted by molar-refractivity contribution is 6.34. The molecular weight excluding hydrogens is 220 g/mol. The molecule has 0 aromatic heterocycles. The Bertz CT molecular complexity index is 320. The Labute approximate surface area is 92.5 Å². The summed E-state index contributed by atoms with van der Waals surface area (Å²) in [6, 6.07) is 0. The van der Waals surface area contributed by atoms with Gasteiger partial charge in [0, 0.05) is 6.42 Å². The first kappa shape index (κ1) is 11.8. The average molecular weight is 231 g/mol. The van der Waals surface area contributed by atoms with Gasteiger partial charge in [-0.3, -0.25) is 4.79 Å². The summed E-state index contributed by atoms with van der Waals surface area (Å²) in [5, 5.41) is 0. The summed E-state index contributed by atoms with van der Waals surface area (Å²) >= 11 is 5.40. The van der Waals surface area contributed by atoms with Gasteiger partial charge in [0.05, 0.1) is 18.7 Å². The maximum atomic E-state index is 11.5. The number of Topliss-reactive ketones (excluding diaryl/α,β-unsaturated/α-hetero) is 1. The number of ketones is 1. The quantitative estimate of drug-likeness (QED) is 0.242. The zero-order valence-corrected chi connectivity index (χ0v) is 9.04. The number of halogens is 1. The smallest absolute Gasteiger partial charge is 0.345 e. The predicted octanol–water partition coefficient (Wildman–Crippen LogP) is 1.55. The molecule has 0 fully saturated rings. The zero-order chi connectivity index (χ0) is 11.3. The minimum atomic E-state index is -0.679. The van der Waals surface area contributed by atoms with Crippen LogP contribution in [0.3, 0.4) is 0 Å². The third-order valence-electron chi connectivity index (χ3n) is 1.77. The van der Waals surface area contributed by atoms with Gasteiger partial charge in [0.25, 0.3) is 0 Å². The van der Waals surface area contributed by atoms with E-state index in [0.29, 0.717) is 12.2 Å². The van der Waals surface area contributed by atoms with Crippen molar-refractivity contribution in [2.45, 2.75) is 13.3 Å². The van der Waals surface area contributed by atoms with E-state index in [4.69, 9.17) is 21.1 Å². The first-order valence-electron chi connectivity index (χ1n) is 4.51. The molecule has 82 valence electrons. The molecule has 0 aromatic carbocycles. The summed E-state index contributed by atoms with van der Waals surface area (Å²) in [5.41, 5.74) is -0.0862. The van der Waals surface area contributed by atoms with Crippen molar-refractivity contribution in [2.24, 2.45) is 0 Å². The van der Waals surface area contributed by atoms with Crippen LogP contribution in [0.4, 0.5) is 0 Å². The molecule has 1 aliphatic rings. The topological polar surface area (TPSA) is 52.6 Å². The van der Waals surface area contributed by atoms with Crippen LogP contribution in [0.5, 0.6) is 0 Å². The molecule has 0 amide bonds. The Hall–Kier alpha value is -1.29. The largest absolute Gasteiger partial charge is 0.468 e. The normalized spacial score (nSPS) is 17.2. The van der Waals surface area contributed by atoms with Gasteiger partial charge in [0.1, 0.15) is 11.3 Å². The lowest BCUT2D eigenvalue weighted by molar-refractivity contribution is -0.140. The molecule has 4 nitrogen and oxygen atoms in total. The Morgan fingerprint density at radius 3 is 2.80 bits per heavy atom. The van der Waals surface area contributed by atoms with E-state index < -0.39 is 11.8 Å². The van der Waals surface area contributed by atoms with Crippen LogP contribution < -0.4 is 0 Å². The summed E-state index contributed by atoms with van der Waals surface area (Å²) in [6.07, 6.45) is 3.54. The van der Waals surface area contributed by atoms with Crippen molar-refractivity contribution >= 4 is 23.4 Å². The second-order valence-electron chi connectivity index (χ2n) is 2.77. The highest BCUT2D eigenvalue weighted by Crippen LogP contribution is 2.20. The number of rotatable bonds is 4. The Morgan fingerprint density at radius 2 is 2.33 bits per heavy atom. The van der Waals surface area contributed by atoms with Crippen molar-refractivity contribution in [1.82, 2.24) is 0 Å². The van der Waals surface area contributed by atoms with Gasteiger partial charge in [-0.1, -0.05) is 0 Å². The van der Waals surface area contributed by atoms with Gasteiger partial charge in [-0.25, -0.2) is 4.79 Å². The molecule has 0 unspecified atom stereocenters. The first-order valence-corrected chi connectivity index (χ1v) is 5.05. The molecule has 0 aromatic rings. The molecule has 0 radical (unpaired) electrons. The molecule has 0 atom stereocenters. The van der Waals surface area contributed by atoms with Gasteiger partial charge in [0.15, 0.2) is 5.78 Å². The van der Waals surface area contributed by atoms with Crippen LogP contribution in [0.1, 0.15) is 13.3 Å². The minimum Gasteiger partial charge on any atom is -0.468 e. The molecule has 5 heteroatoms. The third-order valence-corrected chi connectivity index (χ3v) is 2.01. The second-order valence-corrected chi connectivity index (χ2v) is 3.04. The van der Waals surface area contributed by atoms with E-state index >= 15 is 0 Å². The molecule has 1 rings (SSSR count). The molecule has 15 heavy (non-hydrogen) atoms. The van der Waals surface area contributed by atoms with Crippen LogP contribution in [0, 0.1) is 0 Å². The van der Waals surface area contributed by atoms with Crippen molar-refractivity contribution in [2.75, 3.05) is 12.5 Å². The van der Waals surface area contributed by atoms with Gasteiger partial charge in [-0.2, -0.15) is 0 Å². The molecule has 0 bridgehead atoms. The maximum absolute atomic E-state index is 11.5. The number of carbonyl (C=O) groups is 2. The van der Waals surface area contributed by atoms with Crippen LogP contribution in [0.2, 0.25) is 0 Å². The summed E-state index contributed by atoms with van der Waals surface area (Å²) in [5.74, 6) is -1.11. The second kappa shape index (κ2) is 5.56. The standard InChI is InChI=1S/C10H11ClO4/c1-2-14-10(13)9(7(12)6-11)8-4-3-5-15-8/h3,5H,2,4,6H2,1H3. The molecule has 0 N–H and O–H groups in total. The van der Waals surface area contributed by atoms with E-state index in [9.17, 15) is 9.59 Å². The minimum absolute atomic E-state index is 0.0862. The molecule has 0 aliphatic carbocycles. The monoisotopic (exact) mass is 230 g/mol. The number of allylic oxidation sites excluding steroid dienone is 1. The molecule has 0 spiro atoms. The number of hydrogen-bond donors (Lipinski definition) is 0. The third kappa shape index (κ3) is 2.83. The lowest BCUT2D eigenvalue weighted by Crippen LogP contribution is -2.19. The fraction of sp³-hybridized carbons (Fsp3) is 0.400. The van der Waals surface area contributed by atoms with E-state index in [1.807, 2.05) is 0 Å². The van der Waals surface area contributed by atoms with Crippen molar-refractivity contribution in [3.05, 3.63) is 23.7 Å². The van der Waals surface area contributed by atoms with Crippen molar-refractivity contribution < 1.29 is 19.1 Å². The lowest BCUT2D eigenvalue weighted by atomic mass is 10.1. The summed E-state index contributed by atoms with van der Waals surface area (Å²) in [7, 11) is 0. The van der Waals surface area contributed by atoms with Crippen LogP contribution in [-0.2, 0) is 19.1 Å². The van der Waals surface area contributed by atoms with Crippen molar-refractivity contribution in [3.63, 3.8) is 0 Å². The molecule has 1 aliphatic heterocycles. The summed E-state index contributed by atoms with van der Waals surface area (Å²) < 4.78 is 9.78. The Morgan fingerprint density at radius 1 is 1.60 bits per heavy atom. The van der Waals surface area contributed by atoms with Crippen LogP contribution in [0.15, 0.2) is 23.7 Å². The first-order chi connectivity index (χ1) is 7.20. The number of esters is 1. The average Bonchev–Trinajstić information content (AvgIpc) is 2.71. The van der Waals surface area contributed by atoms with Crippen LogP contribution in [-0.4, -0.2) is 24.2 Å². The van der Waals surface area contributed by atoms with Crippen LogP contribution in [0.25, 0.3) is 0 Å². The molecule has 0 saturated carbocycles. The fourth-order valence-corrected chi connectivity index (χ4v) is 1.28. The predicted molar refractivity (Wildman–Crippen MR) is 54.2 cm³/mol. The van der Waals surface area contributed by atoms with E-state index in [2.05, 4.69) is 0 Å². The van der Waals surface area contributed by atoms with Crippen molar-refractivity contribution in [3.8, 4) is 0 Å². The highest BCUT2D eigenvalue weighted by Gasteiger charge is 2.25. The maximum Gasteiger partial charge on any atom is 0.345 e. The number of carbonyl (C=O) groups excluding carboxylic acids is 2. The van der Waals surface area contributed by atoms with Crippen molar-refractivity contribution in [1.29, 1.82) is 0 Å². The van der Waals surface area contributed by atoms with E-state index in [1.165, 1.54) is 6.26 Å². The van der Waals surface area contributed by atoms with Gasteiger partial charge in [0.2, 0.25) is 0 Å². The summed E-state index contributed by atoms with van der Waals surface area (Å²) in [6.45, 7) is 1.87. The molecule has 0 saturated heterocycles. The van der Waals surface area contributed by atoms with E-state index in [0.717, 1.165) is 0 Å². The van der Waals surface area contributed by atoms with E-state index in [1.54, 1.807) is 13.0 Å². The number of hydrogen-bond acceptors (Lipinski definition) is 4. The fourth-order valence-electron chi connectivity index (χ4n) is 1.15. The van der Waals surface area contributed by atoms with Gasteiger partial charge in [-0.15, -0.1) is 11.6 Å². The number of alkyl halides is 1. The highest BCUT2D eigenvalue weighted by atomic mass is 35.5. The van der Waals surface area contributed by atoms with Gasteiger partial charge in [-0.05, 0) is 13.0 Å². The van der Waals surface area contributed by atoms with Crippen LogP contribution >= 0.6 is 11.6 Å². The summed E-state index contributed by atoms with van der Waals surface area (Å²) in [4.78, 5) is 22.9. The number of ether oxygens (including phenoxy) is 2. The zero-order valence-electron chi connectivity index (χ0n) is 8.29. The van der Waals surface area contributed by atoms with E-state index in [-0.39, 0.29) is 18.1 Å². The SMILES string of the molecule is CCOC(=O)C(C(=O)CCl)=C1CC=CO1. The Kier molecular flexibility index (Phi) is 4.37. The molecular formula is C10H11ClO4. The van der Waals surface area contributed by atoms with Gasteiger partial charge >= 0.3 is 5.97 Å². The Balaban J connectivity index is 2.92.